The minimum absolute atomic E-state index is 0.0446. The number of carbonyl (C=O) groups excluding carboxylic acids is 2. The van der Waals surface area contributed by atoms with E-state index in [-0.39, 0.29) is 43.0 Å². The van der Waals surface area contributed by atoms with E-state index in [1.807, 2.05) is 24.3 Å². The molecule has 3 atom stereocenters. The molecule has 0 spiro atoms. The second-order valence-corrected chi connectivity index (χ2v) is 7.09. The lowest BCUT2D eigenvalue weighted by Crippen LogP contribution is -2.73. The molecule has 2 fully saturated rings. The van der Waals surface area contributed by atoms with Crippen molar-refractivity contribution in [2.75, 3.05) is 19.7 Å². The van der Waals surface area contributed by atoms with Crippen molar-refractivity contribution < 1.29 is 14.7 Å². The number of nitrogens with zero attached hydrogens (tertiary/aromatic N) is 2. The van der Waals surface area contributed by atoms with E-state index in [1.54, 1.807) is 9.80 Å². The Bertz CT molecular complexity index is 730. The summed E-state index contributed by atoms with van der Waals surface area (Å²) in [6.45, 7) is 6.16. The summed E-state index contributed by atoms with van der Waals surface area (Å²) in [6, 6.07) is 7.73. The lowest BCUT2D eigenvalue weighted by atomic mass is 9.73. The van der Waals surface area contributed by atoms with Crippen LogP contribution in [-0.2, 0) is 9.59 Å². The van der Waals surface area contributed by atoms with Crippen molar-refractivity contribution in [1.29, 1.82) is 0 Å². The highest BCUT2D eigenvalue weighted by atomic mass is 16.3. The fourth-order valence-electron chi connectivity index (χ4n) is 3.76. The van der Waals surface area contributed by atoms with Gasteiger partial charge >= 0.3 is 0 Å². The molecule has 5 heteroatoms. The smallest absolute Gasteiger partial charge is 0.242 e. The minimum Gasteiger partial charge on any atom is -0.394 e. The average Bonchev–Trinajstić information content (AvgIpc) is 2.55. The molecule has 2 saturated heterocycles. The quantitative estimate of drug-likeness (QED) is 0.824. The predicted molar refractivity (Wildman–Crippen MR) is 94.7 cm³/mol. The standard InChI is InChI=1S/C20H24N2O3/c1-13(2)4-5-15-6-8-16(9-7-15)20-17-10-21(14(3)24)11-19(25)22(17)18(20)12-23/h6-9,13,17-18,20,23H,10-12H2,1-3H3/t17-,18+,20-/m0/s1. The van der Waals surface area contributed by atoms with Gasteiger partial charge in [-0.25, -0.2) is 0 Å². The zero-order chi connectivity index (χ0) is 18.1. The maximum Gasteiger partial charge on any atom is 0.242 e. The molecule has 132 valence electrons. The number of amides is 2. The SMILES string of the molecule is CC(=O)N1CC(=O)N2[C@H](CO)[C@@H](c3ccc(C#CC(C)C)cc3)[C@@H]2C1. The Kier molecular flexibility index (Phi) is 4.82. The van der Waals surface area contributed by atoms with Gasteiger partial charge in [0.15, 0.2) is 0 Å². The lowest BCUT2D eigenvalue weighted by molar-refractivity contribution is -0.166. The van der Waals surface area contributed by atoms with Crippen LogP contribution >= 0.6 is 0 Å². The molecule has 0 aromatic heterocycles. The molecule has 0 radical (unpaired) electrons. The molecule has 5 nitrogen and oxygen atoms in total. The number of fused-ring (bicyclic) bond motifs is 1. The normalized spacial score (nSPS) is 25.2. The molecule has 2 aliphatic heterocycles. The van der Waals surface area contributed by atoms with Gasteiger partial charge in [0.05, 0.1) is 25.2 Å². The van der Waals surface area contributed by atoms with Crippen LogP contribution in [0.5, 0.6) is 0 Å². The van der Waals surface area contributed by atoms with Gasteiger partial charge in [-0.1, -0.05) is 37.8 Å². The van der Waals surface area contributed by atoms with Gasteiger partial charge in [0.2, 0.25) is 11.8 Å². The highest BCUT2D eigenvalue weighted by molar-refractivity contribution is 5.87. The number of aliphatic hydroxyl groups excluding tert-OH is 1. The topological polar surface area (TPSA) is 60.9 Å². The first-order valence-electron chi connectivity index (χ1n) is 8.71. The number of benzene rings is 1. The van der Waals surface area contributed by atoms with Crippen LogP contribution in [0.1, 0.15) is 37.8 Å². The monoisotopic (exact) mass is 340 g/mol. The second kappa shape index (κ2) is 6.89. The molecule has 1 aromatic carbocycles. The van der Waals surface area contributed by atoms with Crippen LogP contribution in [-0.4, -0.2) is 58.5 Å². The van der Waals surface area contributed by atoms with Crippen molar-refractivity contribution in [3.05, 3.63) is 35.4 Å². The van der Waals surface area contributed by atoms with Gasteiger partial charge < -0.3 is 14.9 Å². The van der Waals surface area contributed by atoms with Crippen LogP contribution < -0.4 is 0 Å². The number of carbonyl (C=O) groups is 2. The summed E-state index contributed by atoms with van der Waals surface area (Å²) in [4.78, 5) is 27.3. The highest BCUT2D eigenvalue weighted by Crippen LogP contribution is 2.42. The fraction of sp³-hybridized carbons (Fsp3) is 0.500. The Morgan fingerprint density at radius 1 is 1.32 bits per heavy atom. The zero-order valence-corrected chi connectivity index (χ0v) is 14.9. The van der Waals surface area contributed by atoms with Crippen molar-refractivity contribution in [2.45, 2.75) is 38.8 Å². The van der Waals surface area contributed by atoms with E-state index in [2.05, 4.69) is 25.7 Å². The van der Waals surface area contributed by atoms with Crippen LogP contribution in [0, 0.1) is 17.8 Å². The number of aliphatic hydroxyl groups is 1. The molecule has 0 unspecified atom stereocenters. The van der Waals surface area contributed by atoms with Crippen LogP contribution in [0.3, 0.4) is 0 Å². The average molecular weight is 340 g/mol. The third-order valence-corrected chi connectivity index (χ3v) is 5.00. The summed E-state index contributed by atoms with van der Waals surface area (Å²) in [5.74, 6) is 6.48. The molecule has 1 aromatic rings. The molecule has 0 bridgehead atoms. The number of hydrogen-bond donors (Lipinski definition) is 1. The van der Waals surface area contributed by atoms with E-state index in [0.717, 1.165) is 11.1 Å². The summed E-state index contributed by atoms with van der Waals surface area (Å²) < 4.78 is 0. The molecular weight excluding hydrogens is 316 g/mol. The third-order valence-electron chi connectivity index (χ3n) is 5.00. The van der Waals surface area contributed by atoms with E-state index < -0.39 is 0 Å². The Morgan fingerprint density at radius 2 is 2.00 bits per heavy atom. The first-order chi connectivity index (χ1) is 11.9. The van der Waals surface area contributed by atoms with Gasteiger partial charge in [-0.05, 0) is 17.7 Å². The van der Waals surface area contributed by atoms with Crippen molar-refractivity contribution in [2.24, 2.45) is 5.92 Å². The molecule has 25 heavy (non-hydrogen) atoms. The summed E-state index contributed by atoms with van der Waals surface area (Å²) in [7, 11) is 0. The first kappa shape index (κ1) is 17.5. The Balaban J connectivity index is 1.82. The summed E-state index contributed by atoms with van der Waals surface area (Å²) in [5.41, 5.74) is 2.04. The molecular formula is C20H24N2O3. The van der Waals surface area contributed by atoms with E-state index in [9.17, 15) is 14.7 Å². The van der Waals surface area contributed by atoms with E-state index in [4.69, 9.17) is 0 Å². The minimum atomic E-state index is -0.209. The lowest BCUT2D eigenvalue weighted by Gasteiger charge is -2.58. The van der Waals surface area contributed by atoms with Crippen LogP contribution in [0.15, 0.2) is 24.3 Å². The fourth-order valence-corrected chi connectivity index (χ4v) is 3.76. The summed E-state index contributed by atoms with van der Waals surface area (Å²) in [6.07, 6.45) is 0. The van der Waals surface area contributed by atoms with Crippen molar-refractivity contribution in [3.8, 4) is 11.8 Å². The largest absolute Gasteiger partial charge is 0.394 e. The van der Waals surface area contributed by atoms with E-state index >= 15 is 0 Å². The number of piperazine rings is 1. The van der Waals surface area contributed by atoms with Gasteiger partial charge in [-0.15, -0.1) is 0 Å². The Morgan fingerprint density at radius 3 is 2.56 bits per heavy atom. The number of rotatable bonds is 2. The predicted octanol–water partition coefficient (Wildman–Crippen LogP) is 1.21. The van der Waals surface area contributed by atoms with Crippen LogP contribution in [0.2, 0.25) is 0 Å². The van der Waals surface area contributed by atoms with Gasteiger partial charge in [-0.2, -0.15) is 0 Å². The Labute approximate surface area is 148 Å². The van der Waals surface area contributed by atoms with Gasteiger partial charge in [0, 0.05) is 30.9 Å². The van der Waals surface area contributed by atoms with Crippen molar-refractivity contribution in [1.82, 2.24) is 9.80 Å². The maximum absolute atomic E-state index is 12.3. The molecule has 2 aliphatic rings. The van der Waals surface area contributed by atoms with Gasteiger partial charge in [-0.3, -0.25) is 9.59 Å². The summed E-state index contributed by atoms with van der Waals surface area (Å²) >= 11 is 0. The molecule has 2 heterocycles. The Hall–Kier alpha value is -2.32. The second-order valence-electron chi connectivity index (χ2n) is 7.09. The highest BCUT2D eigenvalue weighted by Gasteiger charge is 2.54. The van der Waals surface area contributed by atoms with Crippen molar-refractivity contribution >= 4 is 11.8 Å². The maximum atomic E-state index is 12.3. The molecule has 0 aliphatic carbocycles. The van der Waals surface area contributed by atoms with E-state index in [0.29, 0.717) is 12.5 Å². The third kappa shape index (κ3) is 3.27. The van der Waals surface area contributed by atoms with Gasteiger partial charge in [0.25, 0.3) is 0 Å². The van der Waals surface area contributed by atoms with Crippen LogP contribution in [0.25, 0.3) is 0 Å². The van der Waals surface area contributed by atoms with E-state index in [1.165, 1.54) is 6.92 Å². The molecule has 1 N–H and O–H groups in total. The molecule has 3 rings (SSSR count). The van der Waals surface area contributed by atoms with Crippen molar-refractivity contribution in [3.63, 3.8) is 0 Å². The van der Waals surface area contributed by atoms with Gasteiger partial charge in [0.1, 0.15) is 0 Å². The van der Waals surface area contributed by atoms with Crippen LogP contribution in [0.4, 0.5) is 0 Å². The molecule has 0 saturated carbocycles. The molecule has 2 amide bonds. The zero-order valence-electron chi connectivity index (χ0n) is 14.9. The summed E-state index contributed by atoms with van der Waals surface area (Å²) in [5, 5.41) is 9.75. The number of hydrogen-bond acceptors (Lipinski definition) is 3. The first-order valence-corrected chi connectivity index (χ1v) is 8.71.